The number of fused-ring (bicyclic) bond motifs is 1. The van der Waals surface area contributed by atoms with Crippen molar-refractivity contribution in [2.45, 2.75) is 38.7 Å². The third-order valence-electron chi connectivity index (χ3n) is 5.50. The Morgan fingerprint density at radius 3 is 2.96 bits per heavy atom. The van der Waals surface area contributed by atoms with Gasteiger partial charge in [0.05, 0.1) is 7.11 Å². The van der Waals surface area contributed by atoms with Crippen LogP contribution >= 0.6 is 0 Å². The van der Waals surface area contributed by atoms with Crippen LogP contribution in [0.25, 0.3) is 0 Å². The molecular weight excluding hydrogens is 316 g/mol. The second-order valence-electron chi connectivity index (χ2n) is 7.03. The summed E-state index contributed by atoms with van der Waals surface area (Å²) in [5, 5.41) is 0. The predicted octanol–water partition coefficient (Wildman–Crippen LogP) is 3.97. The Hall–Kier alpha value is -2.07. The summed E-state index contributed by atoms with van der Waals surface area (Å²) in [5.41, 5.74) is 1.93. The molecule has 1 saturated heterocycles. The second-order valence-corrected chi connectivity index (χ2v) is 7.03. The van der Waals surface area contributed by atoms with Gasteiger partial charge >= 0.3 is 0 Å². The summed E-state index contributed by atoms with van der Waals surface area (Å²) in [6.07, 6.45) is 5.62. The normalized spacial score (nSPS) is 26.4. The van der Waals surface area contributed by atoms with Crippen LogP contribution in [0.4, 0.5) is 0 Å². The van der Waals surface area contributed by atoms with Crippen LogP contribution in [0.2, 0.25) is 0 Å². The van der Waals surface area contributed by atoms with Crippen molar-refractivity contribution in [1.29, 1.82) is 0 Å². The van der Waals surface area contributed by atoms with Crippen molar-refractivity contribution in [2.24, 2.45) is 11.8 Å². The molecule has 0 spiro atoms. The quantitative estimate of drug-likeness (QED) is 0.734. The van der Waals surface area contributed by atoms with Gasteiger partial charge in [0.1, 0.15) is 17.1 Å². The van der Waals surface area contributed by atoms with Crippen LogP contribution in [-0.2, 0) is 20.7 Å². The molecule has 4 nitrogen and oxygen atoms in total. The number of methoxy groups -OCH3 is 1. The zero-order valence-corrected chi connectivity index (χ0v) is 15.2. The molecule has 1 aliphatic carbocycles. The van der Waals surface area contributed by atoms with Gasteiger partial charge in [-0.1, -0.05) is 19.1 Å². The number of carbonyl (C=O) groups excluding carboxylic acids is 1. The van der Waals surface area contributed by atoms with Crippen molar-refractivity contribution in [3.63, 3.8) is 0 Å². The van der Waals surface area contributed by atoms with Gasteiger partial charge in [-0.2, -0.15) is 0 Å². The summed E-state index contributed by atoms with van der Waals surface area (Å²) in [7, 11) is 1.68. The van der Waals surface area contributed by atoms with Crippen molar-refractivity contribution in [1.82, 2.24) is 0 Å². The Balaban J connectivity index is 1.86. The van der Waals surface area contributed by atoms with E-state index in [1.165, 1.54) is 11.1 Å². The van der Waals surface area contributed by atoms with E-state index in [4.69, 9.17) is 14.2 Å². The molecule has 0 amide bonds. The van der Waals surface area contributed by atoms with Gasteiger partial charge in [-0.3, -0.25) is 4.79 Å². The molecule has 25 heavy (non-hydrogen) atoms. The number of ketones is 1. The Morgan fingerprint density at radius 2 is 2.28 bits per heavy atom. The summed E-state index contributed by atoms with van der Waals surface area (Å²) in [6, 6.07) is 6.14. The lowest BCUT2D eigenvalue weighted by Crippen LogP contribution is -2.44. The standard InChI is InChI=1S/C21H26O4/c1-5-6-17-12-21(20(11-19(17)22)24-13-25-21)15(3)10-16-7-8-18(23-4)9-14(16)2/h5,7-9,11,15,17H,1,6,10,12-13H2,2-4H3/t15-,17-,21+/m0/s1. The summed E-state index contributed by atoms with van der Waals surface area (Å²) in [5.74, 6) is 1.78. The maximum Gasteiger partial charge on any atom is 0.189 e. The molecule has 134 valence electrons. The van der Waals surface area contributed by atoms with Gasteiger partial charge in [-0.25, -0.2) is 0 Å². The van der Waals surface area contributed by atoms with Crippen molar-refractivity contribution in [3.8, 4) is 5.75 Å². The lowest BCUT2D eigenvalue weighted by molar-refractivity contribution is -0.123. The van der Waals surface area contributed by atoms with Crippen LogP contribution in [0.1, 0.15) is 30.9 Å². The number of ether oxygens (including phenoxy) is 3. The first-order valence-electron chi connectivity index (χ1n) is 8.77. The van der Waals surface area contributed by atoms with Crippen LogP contribution in [0.3, 0.4) is 0 Å². The first-order chi connectivity index (χ1) is 12.0. The van der Waals surface area contributed by atoms with Gasteiger partial charge in [0.2, 0.25) is 0 Å². The molecule has 1 aromatic carbocycles. The van der Waals surface area contributed by atoms with Gasteiger partial charge in [0.25, 0.3) is 0 Å². The molecule has 4 heteroatoms. The first-order valence-corrected chi connectivity index (χ1v) is 8.77. The fraction of sp³-hybridized carbons (Fsp3) is 0.476. The zero-order chi connectivity index (χ0) is 18.0. The van der Waals surface area contributed by atoms with Gasteiger partial charge in [-0.05, 0) is 55.4 Å². The number of rotatable bonds is 6. The lowest BCUT2D eigenvalue weighted by Gasteiger charge is -2.38. The van der Waals surface area contributed by atoms with Crippen molar-refractivity contribution in [2.75, 3.05) is 13.9 Å². The maximum atomic E-state index is 12.3. The second kappa shape index (κ2) is 7.04. The number of hydrogen-bond acceptors (Lipinski definition) is 4. The van der Waals surface area contributed by atoms with E-state index in [-0.39, 0.29) is 24.4 Å². The highest BCUT2D eigenvalue weighted by Gasteiger charge is 2.51. The smallest absolute Gasteiger partial charge is 0.189 e. The molecule has 2 aliphatic rings. The van der Waals surface area contributed by atoms with E-state index in [2.05, 4.69) is 26.5 Å². The van der Waals surface area contributed by atoms with Crippen LogP contribution in [0, 0.1) is 18.8 Å². The largest absolute Gasteiger partial charge is 0.497 e. The SMILES string of the molecule is C=CC[C@H]1C[C@]2([C@@H](C)Cc3ccc(OC)cc3C)OCOC2=CC1=O. The van der Waals surface area contributed by atoms with E-state index in [9.17, 15) is 4.79 Å². The van der Waals surface area contributed by atoms with Crippen LogP contribution in [0.5, 0.6) is 5.75 Å². The molecular formula is C21H26O4. The minimum Gasteiger partial charge on any atom is -0.497 e. The number of aryl methyl sites for hydroxylation is 1. The van der Waals surface area contributed by atoms with E-state index in [1.807, 2.05) is 18.2 Å². The zero-order valence-electron chi connectivity index (χ0n) is 15.2. The average Bonchev–Trinajstić information content (AvgIpc) is 3.01. The Bertz CT molecular complexity index is 706. The third-order valence-corrected chi connectivity index (χ3v) is 5.50. The monoisotopic (exact) mass is 342 g/mol. The van der Waals surface area contributed by atoms with Crippen LogP contribution < -0.4 is 4.74 Å². The topological polar surface area (TPSA) is 44.8 Å². The molecule has 0 unspecified atom stereocenters. The molecule has 0 aromatic heterocycles. The molecule has 0 bridgehead atoms. The molecule has 1 heterocycles. The minimum absolute atomic E-state index is 0.0811. The predicted molar refractivity (Wildman–Crippen MR) is 96.4 cm³/mol. The lowest BCUT2D eigenvalue weighted by atomic mass is 9.71. The number of hydrogen-bond donors (Lipinski definition) is 0. The van der Waals surface area contributed by atoms with E-state index < -0.39 is 5.60 Å². The van der Waals surface area contributed by atoms with E-state index in [0.717, 1.165) is 12.2 Å². The molecule has 0 radical (unpaired) electrons. The Labute approximate surface area is 149 Å². The number of benzene rings is 1. The molecule has 0 saturated carbocycles. The molecule has 0 N–H and O–H groups in total. The van der Waals surface area contributed by atoms with Crippen molar-refractivity contribution >= 4 is 5.78 Å². The molecule has 3 atom stereocenters. The van der Waals surface area contributed by atoms with Crippen LogP contribution in [-0.4, -0.2) is 25.3 Å². The summed E-state index contributed by atoms with van der Waals surface area (Å²) in [6.45, 7) is 8.26. The molecule has 1 aliphatic heterocycles. The summed E-state index contributed by atoms with van der Waals surface area (Å²) in [4.78, 5) is 12.3. The Morgan fingerprint density at radius 1 is 1.48 bits per heavy atom. The summed E-state index contributed by atoms with van der Waals surface area (Å²) >= 11 is 0. The third kappa shape index (κ3) is 3.23. The van der Waals surface area contributed by atoms with E-state index in [1.54, 1.807) is 13.2 Å². The summed E-state index contributed by atoms with van der Waals surface area (Å²) < 4.78 is 17.0. The van der Waals surface area contributed by atoms with Crippen molar-refractivity contribution in [3.05, 3.63) is 53.8 Å². The first kappa shape index (κ1) is 17.7. The molecule has 3 rings (SSSR count). The van der Waals surface area contributed by atoms with Gasteiger partial charge in [-0.15, -0.1) is 6.58 Å². The average molecular weight is 342 g/mol. The van der Waals surface area contributed by atoms with Crippen molar-refractivity contribution < 1.29 is 19.0 Å². The molecule has 1 aromatic rings. The van der Waals surface area contributed by atoms with Gasteiger partial charge < -0.3 is 14.2 Å². The highest BCUT2D eigenvalue weighted by atomic mass is 16.7. The number of allylic oxidation sites excluding steroid dienone is 2. The minimum atomic E-state index is -0.520. The maximum absolute atomic E-state index is 12.3. The van der Waals surface area contributed by atoms with E-state index >= 15 is 0 Å². The Kier molecular flexibility index (Phi) is 5.00. The van der Waals surface area contributed by atoms with Crippen LogP contribution in [0.15, 0.2) is 42.7 Å². The highest BCUT2D eigenvalue weighted by molar-refractivity contribution is 5.93. The highest BCUT2D eigenvalue weighted by Crippen LogP contribution is 2.46. The van der Waals surface area contributed by atoms with E-state index in [0.29, 0.717) is 18.6 Å². The fourth-order valence-electron chi connectivity index (χ4n) is 3.93. The van der Waals surface area contributed by atoms with Gasteiger partial charge in [0.15, 0.2) is 12.6 Å². The number of carbonyl (C=O) groups is 1. The molecule has 1 fully saturated rings. The fourth-order valence-corrected chi connectivity index (χ4v) is 3.93. The van der Waals surface area contributed by atoms with Gasteiger partial charge in [0, 0.05) is 12.0 Å².